The molecule has 1 aromatic rings. The van der Waals surface area contributed by atoms with Crippen molar-refractivity contribution in [1.29, 1.82) is 0 Å². The van der Waals surface area contributed by atoms with Crippen LogP contribution in [0.15, 0.2) is 28.9 Å². The molecule has 0 bridgehead atoms. The molecule has 1 unspecified atom stereocenters. The minimum atomic E-state index is -0.340. The summed E-state index contributed by atoms with van der Waals surface area (Å²) in [6, 6.07) is 0.183. The first-order chi connectivity index (χ1) is 16.6. The summed E-state index contributed by atoms with van der Waals surface area (Å²) in [5.74, 6) is 0.159. The van der Waals surface area contributed by atoms with Crippen molar-refractivity contribution in [3.63, 3.8) is 0 Å². The van der Waals surface area contributed by atoms with Gasteiger partial charge in [0.15, 0.2) is 0 Å². The molecule has 0 spiro atoms. The zero-order valence-electron chi connectivity index (χ0n) is 20.2. The molecule has 5 rings (SSSR count). The van der Waals surface area contributed by atoms with Crippen LogP contribution in [0, 0.1) is 11.8 Å². The minimum absolute atomic E-state index is 0.138. The third-order valence-corrected chi connectivity index (χ3v) is 7.57. The number of aliphatic imine (C=N–C) groups is 1. The predicted octanol–water partition coefficient (Wildman–Crippen LogP) is 3.45. The van der Waals surface area contributed by atoms with Crippen LogP contribution < -0.4 is 0 Å². The maximum absolute atomic E-state index is 13.6. The Hall–Kier alpha value is -2.58. The van der Waals surface area contributed by atoms with Crippen molar-refractivity contribution in [3.05, 3.63) is 35.2 Å². The van der Waals surface area contributed by atoms with Gasteiger partial charge in [-0.15, -0.1) is 0 Å². The van der Waals surface area contributed by atoms with Crippen LogP contribution in [0.2, 0.25) is 0 Å². The Morgan fingerprint density at radius 3 is 2.71 bits per heavy atom. The van der Waals surface area contributed by atoms with Crippen molar-refractivity contribution in [2.75, 3.05) is 39.5 Å². The second-order valence-electron chi connectivity index (χ2n) is 9.70. The Bertz CT molecular complexity index is 1040. The van der Waals surface area contributed by atoms with Crippen molar-refractivity contribution in [1.82, 2.24) is 14.7 Å². The van der Waals surface area contributed by atoms with Crippen molar-refractivity contribution in [2.45, 2.75) is 52.0 Å². The van der Waals surface area contributed by atoms with Gasteiger partial charge in [0.2, 0.25) is 5.91 Å². The number of hydrogen-bond donors (Lipinski definition) is 0. The molecule has 34 heavy (non-hydrogen) atoms. The number of amides is 2. The van der Waals surface area contributed by atoms with Gasteiger partial charge in [0, 0.05) is 45.1 Å². The van der Waals surface area contributed by atoms with Crippen LogP contribution in [-0.4, -0.2) is 71.7 Å². The summed E-state index contributed by atoms with van der Waals surface area (Å²) in [5.41, 5.74) is 3.75. The molecule has 0 radical (unpaired) electrons. The van der Waals surface area contributed by atoms with Crippen LogP contribution in [-0.2, 0) is 14.3 Å². The van der Waals surface area contributed by atoms with Gasteiger partial charge in [0.25, 0.3) is 5.91 Å². The van der Waals surface area contributed by atoms with E-state index in [4.69, 9.17) is 9.47 Å². The zero-order valence-corrected chi connectivity index (χ0v) is 20.2. The normalized spacial score (nSPS) is 23.7. The number of carbonyl (C=O) groups is 2. The first kappa shape index (κ1) is 23.2. The maximum Gasteiger partial charge on any atom is 0.281 e. The Labute approximate surface area is 200 Å². The molecule has 1 atom stereocenters. The number of rotatable bonds is 6. The lowest BCUT2D eigenvalue weighted by molar-refractivity contribution is -0.134. The average molecular weight is 467 g/mol. The number of piperidine rings is 1. The van der Waals surface area contributed by atoms with Gasteiger partial charge in [-0.05, 0) is 57.9 Å². The molecular weight excluding hydrogens is 432 g/mol. The maximum atomic E-state index is 13.6. The third kappa shape index (κ3) is 4.41. The average Bonchev–Trinajstić information content (AvgIpc) is 3.31. The van der Waals surface area contributed by atoms with Crippen LogP contribution in [0.4, 0.5) is 0 Å². The topological polar surface area (TPSA) is 86.0 Å². The fraction of sp³-hybridized carbons (Fsp3) is 0.615. The van der Waals surface area contributed by atoms with E-state index in [2.05, 4.69) is 10.1 Å². The van der Waals surface area contributed by atoms with Gasteiger partial charge in [-0.25, -0.2) is 4.99 Å². The van der Waals surface area contributed by atoms with Crippen LogP contribution >= 0.6 is 0 Å². The molecule has 4 aliphatic rings. The van der Waals surface area contributed by atoms with Gasteiger partial charge in [0.1, 0.15) is 0 Å². The van der Waals surface area contributed by atoms with Gasteiger partial charge >= 0.3 is 0 Å². The van der Waals surface area contributed by atoms with Gasteiger partial charge in [-0.3, -0.25) is 14.3 Å². The lowest BCUT2D eigenvalue weighted by Gasteiger charge is -2.35. The highest BCUT2D eigenvalue weighted by molar-refractivity contribution is 6.36. The monoisotopic (exact) mass is 466 g/mol. The highest BCUT2D eigenvalue weighted by Crippen LogP contribution is 2.37. The largest absolute Gasteiger partial charge is 0.382 e. The fourth-order valence-electron chi connectivity index (χ4n) is 5.52. The molecule has 0 saturated carbocycles. The van der Waals surface area contributed by atoms with Gasteiger partial charge in [-0.1, -0.05) is 11.6 Å². The second-order valence-corrected chi connectivity index (χ2v) is 9.70. The van der Waals surface area contributed by atoms with Crippen LogP contribution in [0.25, 0.3) is 5.57 Å². The zero-order chi connectivity index (χ0) is 23.7. The van der Waals surface area contributed by atoms with E-state index in [1.165, 1.54) is 0 Å². The number of carbonyl (C=O) groups excluding carboxylic acids is 2. The van der Waals surface area contributed by atoms with Gasteiger partial charge in [-0.2, -0.15) is 5.10 Å². The van der Waals surface area contributed by atoms with E-state index in [1.54, 1.807) is 6.20 Å². The number of allylic oxidation sites excluding steroid dienone is 2. The Kier molecular flexibility index (Phi) is 6.79. The molecule has 4 heterocycles. The number of hydrogen-bond acceptors (Lipinski definition) is 5. The molecule has 0 aromatic carbocycles. The summed E-state index contributed by atoms with van der Waals surface area (Å²) < 4.78 is 13.0. The summed E-state index contributed by atoms with van der Waals surface area (Å²) in [6.07, 6.45) is 10.4. The summed E-state index contributed by atoms with van der Waals surface area (Å²) in [4.78, 5) is 32.6. The van der Waals surface area contributed by atoms with Crippen molar-refractivity contribution in [2.24, 2.45) is 16.8 Å². The van der Waals surface area contributed by atoms with E-state index in [-0.39, 0.29) is 23.8 Å². The molecule has 1 aliphatic carbocycles. The number of aromatic nitrogens is 2. The second kappa shape index (κ2) is 9.96. The Morgan fingerprint density at radius 2 is 1.97 bits per heavy atom. The molecule has 8 nitrogen and oxygen atoms in total. The molecule has 2 fully saturated rings. The predicted molar refractivity (Wildman–Crippen MR) is 129 cm³/mol. The number of likely N-dealkylation sites (tertiary alicyclic amines) is 1. The summed E-state index contributed by atoms with van der Waals surface area (Å²) in [5, 5.41) is 4.58. The van der Waals surface area contributed by atoms with Crippen LogP contribution in [0.1, 0.15) is 68.0 Å². The van der Waals surface area contributed by atoms with E-state index in [0.717, 1.165) is 75.2 Å². The van der Waals surface area contributed by atoms with Crippen LogP contribution in [0.3, 0.4) is 0 Å². The van der Waals surface area contributed by atoms with E-state index in [0.29, 0.717) is 30.4 Å². The molecule has 8 heteroatoms. The lowest BCUT2D eigenvalue weighted by atomic mass is 9.84. The molecule has 2 amide bonds. The molecule has 0 N–H and O–H groups in total. The lowest BCUT2D eigenvalue weighted by Crippen LogP contribution is -2.42. The Balaban J connectivity index is 1.37. The smallest absolute Gasteiger partial charge is 0.281 e. The molecule has 182 valence electrons. The van der Waals surface area contributed by atoms with Crippen molar-refractivity contribution < 1.29 is 19.1 Å². The molecule has 1 aromatic heterocycles. The molecular formula is C26H34N4O4. The summed E-state index contributed by atoms with van der Waals surface area (Å²) >= 11 is 0. The molecule has 3 aliphatic heterocycles. The van der Waals surface area contributed by atoms with E-state index in [9.17, 15) is 9.59 Å². The Morgan fingerprint density at radius 1 is 1.21 bits per heavy atom. The third-order valence-electron chi connectivity index (χ3n) is 7.57. The van der Waals surface area contributed by atoms with E-state index >= 15 is 0 Å². The van der Waals surface area contributed by atoms with Gasteiger partial charge in [0.05, 0.1) is 35.1 Å². The summed E-state index contributed by atoms with van der Waals surface area (Å²) in [6.45, 7) is 8.49. The van der Waals surface area contributed by atoms with Gasteiger partial charge < -0.3 is 14.4 Å². The SMILES string of the molecule is CCOCCC1CCN(C(=O)C2C=C3C(=NC(=O)c4cnn(C5CCOCC5)c43)C=C2C)CC1. The number of fused-ring (bicyclic) bond motifs is 3. The number of nitrogens with zero attached hydrogens (tertiary/aromatic N) is 4. The molecule has 2 saturated heterocycles. The minimum Gasteiger partial charge on any atom is -0.382 e. The fourth-order valence-corrected chi connectivity index (χ4v) is 5.52. The van der Waals surface area contributed by atoms with Crippen molar-refractivity contribution >= 4 is 23.1 Å². The highest BCUT2D eigenvalue weighted by Gasteiger charge is 2.36. The van der Waals surface area contributed by atoms with Crippen molar-refractivity contribution in [3.8, 4) is 0 Å². The highest BCUT2D eigenvalue weighted by atomic mass is 16.5. The van der Waals surface area contributed by atoms with E-state index in [1.807, 2.05) is 35.6 Å². The standard InChI is InChI=1S/C26H34N4O4/c1-3-33-11-6-18-4-9-29(10-5-18)26(32)20-15-21-23(14-17(20)2)28-25(31)22-16-27-30(24(21)22)19-7-12-34-13-8-19/h14-16,18-20H,3-13H2,1-2H3. The first-order valence-electron chi connectivity index (χ1n) is 12.6. The number of ether oxygens (including phenoxy) is 2. The van der Waals surface area contributed by atoms with E-state index < -0.39 is 0 Å². The van der Waals surface area contributed by atoms with Crippen LogP contribution in [0.5, 0.6) is 0 Å². The first-order valence-corrected chi connectivity index (χ1v) is 12.6. The quantitative estimate of drug-likeness (QED) is 0.600. The summed E-state index contributed by atoms with van der Waals surface area (Å²) in [7, 11) is 0.